The fraction of sp³-hybridized carbons (Fsp3) is 0.778. The van der Waals surface area contributed by atoms with Crippen LogP contribution in [-0.2, 0) is 0 Å². The summed E-state index contributed by atoms with van der Waals surface area (Å²) < 4.78 is 4.95. The fourth-order valence-electron chi connectivity index (χ4n) is 1.10. The first-order valence-corrected chi connectivity index (χ1v) is 6.69. The van der Waals surface area contributed by atoms with Crippen LogP contribution in [0.15, 0.2) is 10.7 Å². The minimum Gasteiger partial charge on any atom is -0.394 e. The molecule has 15 heavy (non-hydrogen) atoms. The Hall–Kier alpha value is -0.170. The Labute approximate surface area is 98.5 Å². The zero-order valence-corrected chi connectivity index (χ0v) is 10.5. The van der Waals surface area contributed by atoms with Gasteiger partial charge < -0.3 is 10.8 Å². The molecule has 1 heterocycles. The molecule has 0 aliphatic heterocycles. The van der Waals surface area contributed by atoms with Crippen LogP contribution in [0.5, 0.6) is 0 Å². The molecule has 0 aliphatic rings. The summed E-state index contributed by atoms with van der Waals surface area (Å²) in [5, 5.41) is 8.95. The molecular weight excluding hydrogens is 230 g/mol. The minimum absolute atomic E-state index is 0.0521. The number of rotatable bonds is 7. The van der Waals surface area contributed by atoms with Crippen LogP contribution in [0.4, 0.5) is 0 Å². The zero-order valence-electron chi connectivity index (χ0n) is 8.85. The summed E-state index contributed by atoms with van der Waals surface area (Å²) in [5.74, 6) is 1.04. The molecular formula is C9H17N3OS2. The van der Waals surface area contributed by atoms with Crippen molar-refractivity contribution in [3.05, 3.63) is 6.33 Å². The van der Waals surface area contributed by atoms with E-state index in [4.69, 9.17) is 10.8 Å². The van der Waals surface area contributed by atoms with Crippen LogP contribution in [0.25, 0.3) is 0 Å². The summed E-state index contributed by atoms with van der Waals surface area (Å²) in [5.41, 5.74) is 5.39. The number of aliphatic hydroxyl groups is 1. The van der Waals surface area contributed by atoms with Crippen molar-refractivity contribution in [2.45, 2.75) is 36.1 Å². The highest BCUT2D eigenvalue weighted by molar-refractivity contribution is 8.00. The molecule has 0 fully saturated rings. The van der Waals surface area contributed by atoms with Crippen LogP contribution >= 0.6 is 23.3 Å². The lowest BCUT2D eigenvalue weighted by Crippen LogP contribution is -2.39. The van der Waals surface area contributed by atoms with E-state index in [1.165, 1.54) is 11.5 Å². The van der Waals surface area contributed by atoms with Crippen molar-refractivity contribution < 1.29 is 5.11 Å². The lowest BCUT2D eigenvalue weighted by Gasteiger charge is -2.20. The summed E-state index contributed by atoms with van der Waals surface area (Å²) in [6, 6.07) is 0. The molecule has 0 saturated heterocycles. The van der Waals surface area contributed by atoms with Crippen molar-refractivity contribution >= 4 is 23.3 Å². The molecule has 6 heteroatoms. The van der Waals surface area contributed by atoms with E-state index in [0.29, 0.717) is 0 Å². The van der Waals surface area contributed by atoms with E-state index in [-0.39, 0.29) is 6.61 Å². The highest BCUT2D eigenvalue weighted by Crippen LogP contribution is 2.20. The SMILES string of the molecule is CC(N)(CO)CCCCSc1ncns1. The third-order valence-corrected chi connectivity index (χ3v) is 3.95. The smallest absolute Gasteiger partial charge is 0.169 e. The van der Waals surface area contributed by atoms with Gasteiger partial charge in [0.05, 0.1) is 6.61 Å². The fourth-order valence-corrected chi connectivity index (χ4v) is 2.61. The normalized spacial score (nSPS) is 15.1. The van der Waals surface area contributed by atoms with E-state index in [0.717, 1.165) is 29.4 Å². The number of nitrogens with zero attached hydrogens (tertiary/aromatic N) is 2. The average Bonchev–Trinajstić information content (AvgIpc) is 2.70. The van der Waals surface area contributed by atoms with E-state index < -0.39 is 5.54 Å². The highest BCUT2D eigenvalue weighted by atomic mass is 32.2. The van der Waals surface area contributed by atoms with Crippen LogP contribution in [-0.4, -0.2) is 32.4 Å². The molecule has 0 amide bonds. The van der Waals surface area contributed by atoms with Crippen molar-refractivity contribution in [2.75, 3.05) is 12.4 Å². The predicted octanol–water partition coefficient (Wildman–Crippen LogP) is 1.51. The quantitative estimate of drug-likeness (QED) is 0.564. The maximum absolute atomic E-state index is 8.95. The number of unbranched alkanes of at least 4 members (excludes halogenated alkanes) is 1. The Balaban J connectivity index is 2.03. The van der Waals surface area contributed by atoms with Crippen molar-refractivity contribution in [3.63, 3.8) is 0 Å². The number of hydrogen-bond acceptors (Lipinski definition) is 6. The van der Waals surface area contributed by atoms with Crippen LogP contribution in [0.3, 0.4) is 0 Å². The summed E-state index contributed by atoms with van der Waals surface area (Å²) in [4.78, 5) is 4.08. The number of thioether (sulfide) groups is 1. The van der Waals surface area contributed by atoms with Crippen LogP contribution in [0, 0.1) is 0 Å². The Morgan fingerprint density at radius 1 is 1.60 bits per heavy atom. The van der Waals surface area contributed by atoms with Gasteiger partial charge in [-0.05, 0) is 31.3 Å². The van der Waals surface area contributed by atoms with E-state index in [1.54, 1.807) is 18.1 Å². The molecule has 0 bridgehead atoms. The molecule has 1 aromatic rings. The minimum atomic E-state index is -0.423. The summed E-state index contributed by atoms with van der Waals surface area (Å²) in [6.45, 7) is 1.93. The summed E-state index contributed by atoms with van der Waals surface area (Å²) in [6.07, 6.45) is 4.58. The number of hydrogen-bond donors (Lipinski definition) is 2. The molecule has 3 N–H and O–H groups in total. The molecule has 0 aromatic carbocycles. The average molecular weight is 247 g/mol. The third kappa shape index (κ3) is 5.46. The van der Waals surface area contributed by atoms with E-state index in [1.807, 2.05) is 6.92 Å². The van der Waals surface area contributed by atoms with Gasteiger partial charge in [0.2, 0.25) is 0 Å². The number of aromatic nitrogens is 2. The third-order valence-electron chi connectivity index (χ3n) is 2.07. The lowest BCUT2D eigenvalue weighted by molar-refractivity contribution is 0.198. The molecule has 1 unspecified atom stereocenters. The second-order valence-corrected chi connectivity index (χ2v) is 5.95. The number of aliphatic hydroxyl groups excluding tert-OH is 1. The van der Waals surface area contributed by atoms with Crippen molar-refractivity contribution in [1.29, 1.82) is 0 Å². The van der Waals surface area contributed by atoms with Crippen LogP contribution in [0.1, 0.15) is 26.2 Å². The van der Waals surface area contributed by atoms with Gasteiger partial charge in [-0.1, -0.05) is 18.2 Å². The molecule has 0 spiro atoms. The Morgan fingerprint density at radius 2 is 2.40 bits per heavy atom. The Kier molecular flexibility index (Phi) is 5.52. The first-order valence-electron chi connectivity index (χ1n) is 4.93. The summed E-state index contributed by atoms with van der Waals surface area (Å²) >= 11 is 3.16. The molecule has 1 aromatic heterocycles. The van der Waals surface area contributed by atoms with Gasteiger partial charge in [-0.2, -0.15) is 4.37 Å². The van der Waals surface area contributed by atoms with E-state index in [2.05, 4.69) is 9.36 Å². The highest BCUT2D eigenvalue weighted by Gasteiger charge is 2.15. The summed E-state index contributed by atoms with van der Waals surface area (Å²) in [7, 11) is 0. The van der Waals surface area contributed by atoms with Gasteiger partial charge in [0.1, 0.15) is 6.33 Å². The maximum Gasteiger partial charge on any atom is 0.169 e. The first-order chi connectivity index (χ1) is 7.14. The Morgan fingerprint density at radius 3 is 3.00 bits per heavy atom. The molecule has 1 atom stereocenters. The van der Waals surface area contributed by atoms with E-state index in [9.17, 15) is 0 Å². The van der Waals surface area contributed by atoms with Crippen molar-refractivity contribution in [3.8, 4) is 0 Å². The second-order valence-electron chi connectivity index (χ2n) is 3.82. The maximum atomic E-state index is 8.95. The van der Waals surface area contributed by atoms with Crippen molar-refractivity contribution in [1.82, 2.24) is 9.36 Å². The van der Waals surface area contributed by atoms with E-state index >= 15 is 0 Å². The molecule has 1 rings (SSSR count). The van der Waals surface area contributed by atoms with Crippen LogP contribution in [0.2, 0.25) is 0 Å². The van der Waals surface area contributed by atoms with Gasteiger partial charge in [0.25, 0.3) is 0 Å². The van der Waals surface area contributed by atoms with Gasteiger partial charge in [0, 0.05) is 11.3 Å². The van der Waals surface area contributed by atoms with Gasteiger partial charge in [-0.15, -0.1) is 0 Å². The molecule has 0 saturated carbocycles. The lowest BCUT2D eigenvalue weighted by atomic mass is 9.98. The van der Waals surface area contributed by atoms with Gasteiger partial charge >= 0.3 is 0 Å². The monoisotopic (exact) mass is 247 g/mol. The molecule has 0 radical (unpaired) electrons. The number of nitrogens with two attached hydrogens (primary N) is 1. The Bertz CT molecular complexity index is 264. The van der Waals surface area contributed by atoms with Gasteiger partial charge in [-0.25, -0.2) is 4.98 Å². The van der Waals surface area contributed by atoms with Crippen LogP contribution < -0.4 is 5.73 Å². The standard InChI is InChI=1S/C9H17N3OS2/c1-9(10,6-13)4-2-3-5-14-8-11-7-12-15-8/h7,13H,2-6,10H2,1H3. The second kappa shape index (κ2) is 6.42. The predicted molar refractivity (Wildman–Crippen MR) is 64.2 cm³/mol. The van der Waals surface area contributed by atoms with Crippen molar-refractivity contribution in [2.24, 2.45) is 5.73 Å². The molecule has 86 valence electrons. The first kappa shape index (κ1) is 12.9. The van der Waals surface area contributed by atoms with Gasteiger partial charge in [0.15, 0.2) is 4.34 Å². The molecule has 0 aliphatic carbocycles. The topological polar surface area (TPSA) is 72.0 Å². The molecule has 4 nitrogen and oxygen atoms in total. The largest absolute Gasteiger partial charge is 0.394 e. The zero-order chi connectivity index (χ0) is 11.1. The van der Waals surface area contributed by atoms with Gasteiger partial charge in [-0.3, -0.25) is 0 Å².